The van der Waals surface area contributed by atoms with E-state index in [0.717, 1.165) is 72.3 Å². The van der Waals surface area contributed by atoms with Gasteiger partial charge in [-0.25, -0.2) is 9.97 Å². The fourth-order valence-electron chi connectivity index (χ4n) is 11.3. The highest BCUT2D eigenvalue weighted by atomic mass is 16.3. The Balaban J connectivity index is 0.918. The topological polar surface area (TPSA) is 38.9 Å². The van der Waals surface area contributed by atoms with Gasteiger partial charge in [0.1, 0.15) is 11.2 Å². The predicted octanol–water partition coefficient (Wildman–Crippen LogP) is 16.7. The highest BCUT2D eigenvalue weighted by Gasteiger charge is 2.52. The van der Waals surface area contributed by atoms with E-state index in [2.05, 4.69) is 237 Å². The van der Waals surface area contributed by atoms with Crippen molar-refractivity contribution in [2.45, 2.75) is 5.41 Å². The Morgan fingerprint density at radius 1 is 0.279 bits per heavy atom. The van der Waals surface area contributed by atoms with Gasteiger partial charge in [-0.2, -0.15) is 0 Å². The van der Waals surface area contributed by atoms with E-state index in [-0.39, 0.29) is 0 Å². The standard InChI is InChI=1S/C65H40N2O/c1-3-15-41(16-4-1)43-29-31-44(32-30-43)59-40-60(47-20-13-19-45(37-47)42-17-5-2-6-18-42)67-64(66-59)48-34-36-62-54(39-48)53-38-46(33-35-61(53)68-62)49-24-14-28-58-63(49)52-23-9-12-27-57(52)65(58)55-25-10-7-21-50(55)51-22-8-11-26-56(51)65/h1-40H. The summed E-state index contributed by atoms with van der Waals surface area (Å²) in [4.78, 5) is 10.6. The van der Waals surface area contributed by atoms with Crippen LogP contribution in [0.5, 0.6) is 0 Å². The van der Waals surface area contributed by atoms with Gasteiger partial charge < -0.3 is 4.42 Å². The van der Waals surface area contributed by atoms with Crippen LogP contribution in [0.3, 0.4) is 0 Å². The molecule has 0 saturated carbocycles. The van der Waals surface area contributed by atoms with Crippen molar-refractivity contribution in [1.29, 1.82) is 0 Å². The summed E-state index contributed by atoms with van der Waals surface area (Å²) in [5, 5.41) is 2.08. The maximum absolute atomic E-state index is 6.59. The Bertz CT molecular complexity index is 3910. The van der Waals surface area contributed by atoms with Crippen LogP contribution in [0.15, 0.2) is 247 Å². The fourth-order valence-corrected chi connectivity index (χ4v) is 11.3. The summed E-state index contributed by atoms with van der Waals surface area (Å²) >= 11 is 0. The average Bonchev–Trinajstić information content (AvgIpc) is 4.05. The molecule has 0 fully saturated rings. The maximum atomic E-state index is 6.59. The smallest absolute Gasteiger partial charge is 0.160 e. The molecule has 0 amide bonds. The lowest BCUT2D eigenvalue weighted by Crippen LogP contribution is -2.25. The molecule has 0 aliphatic heterocycles. The van der Waals surface area contributed by atoms with Crippen molar-refractivity contribution in [3.8, 4) is 89.5 Å². The number of hydrogen-bond acceptors (Lipinski definition) is 3. The Labute approximate surface area is 394 Å². The van der Waals surface area contributed by atoms with E-state index < -0.39 is 5.41 Å². The minimum atomic E-state index is -0.406. The molecular formula is C65H40N2O. The van der Waals surface area contributed by atoms with E-state index in [0.29, 0.717) is 5.82 Å². The lowest BCUT2D eigenvalue weighted by atomic mass is 9.70. The molecule has 2 aliphatic rings. The van der Waals surface area contributed by atoms with Crippen molar-refractivity contribution >= 4 is 21.9 Å². The minimum absolute atomic E-state index is 0.406. The van der Waals surface area contributed by atoms with Crippen molar-refractivity contribution in [1.82, 2.24) is 9.97 Å². The molecule has 0 saturated heterocycles. The number of fused-ring (bicyclic) bond motifs is 13. The van der Waals surface area contributed by atoms with Crippen LogP contribution in [-0.2, 0) is 5.41 Å². The molecule has 316 valence electrons. The first kappa shape index (κ1) is 38.4. The highest BCUT2D eigenvalue weighted by molar-refractivity contribution is 6.09. The normalized spacial score (nSPS) is 12.8. The summed E-state index contributed by atoms with van der Waals surface area (Å²) in [6, 6.07) is 87.3. The van der Waals surface area contributed by atoms with Crippen molar-refractivity contribution in [2.24, 2.45) is 0 Å². The van der Waals surface area contributed by atoms with Crippen LogP contribution in [0, 0.1) is 0 Å². The lowest BCUT2D eigenvalue weighted by molar-refractivity contribution is 0.669. The first-order valence-corrected chi connectivity index (χ1v) is 23.3. The summed E-state index contributed by atoms with van der Waals surface area (Å²) in [6.45, 7) is 0. The van der Waals surface area contributed by atoms with Crippen LogP contribution in [0.1, 0.15) is 22.3 Å². The molecule has 3 nitrogen and oxygen atoms in total. The first-order chi connectivity index (χ1) is 33.7. The predicted molar refractivity (Wildman–Crippen MR) is 278 cm³/mol. The van der Waals surface area contributed by atoms with Gasteiger partial charge in [-0.1, -0.05) is 200 Å². The molecule has 0 atom stereocenters. The molecule has 0 unspecified atom stereocenters. The Kier molecular flexibility index (Phi) is 8.50. The molecule has 2 aromatic heterocycles. The van der Waals surface area contributed by atoms with Crippen molar-refractivity contribution in [2.75, 3.05) is 0 Å². The zero-order chi connectivity index (χ0) is 44.8. The molecule has 0 bridgehead atoms. The Hall–Kier alpha value is -8.92. The SMILES string of the molecule is c1ccc(-c2ccc(-c3cc(-c4cccc(-c5ccccc5)c4)nc(-c4ccc5oc6ccc(-c7cccc8c7-c7ccccc7C87c8ccccc8-c8ccccc87)cc6c5c4)n3)cc2)cc1. The summed E-state index contributed by atoms with van der Waals surface area (Å²) in [5.74, 6) is 0.655. The van der Waals surface area contributed by atoms with Crippen LogP contribution in [0.25, 0.3) is 111 Å². The fraction of sp³-hybridized carbons (Fsp3) is 0.0154. The Morgan fingerprint density at radius 3 is 1.40 bits per heavy atom. The third-order valence-electron chi connectivity index (χ3n) is 14.3. The number of furan rings is 1. The molecule has 3 heteroatoms. The largest absolute Gasteiger partial charge is 0.456 e. The summed E-state index contributed by atoms with van der Waals surface area (Å²) in [6.07, 6.45) is 0. The second kappa shape index (κ2) is 15.1. The summed E-state index contributed by atoms with van der Waals surface area (Å²) in [7, 11) is 0. The van der Waals surface area contributed by atoms with Gasteiger partial charge in [0.25, 0.3) is 0 Å². The molecule has 0 N–H and O–H groups in total. The molecule has 12 aromatic rings. The minimum Gasteiger partial charge on any atom is -0.456 e. The summed E-state index contributed by atoms with van der Waals surface area (Å²) in [5.41, 5.74) is 23.5. The molecule has 14 rings (SSSR count). The molecule has 10 aromatic carbocycles. The van der Waals surface area contributed by atoms with E-state index >= 15 is 0 Å². The third kappa shape index (κ3) is 5.79. The number of aromatic nitrogens is 2. The van der Waals surface area contributed by atoms with Crippen LogP contribution in [-0.4, -0.2) is 9.97 Å². The number of benzene rings is 10. The van der Waals surface area contributed by atoms with Gasteiger partial charge in [-0.05, 0) is 120 Å². The van der Waals surface area contributed by atoms with E-state index in [1.165, 1.54) is 55.6 Å². The number of rotatable bonds is 6. The molecule has 1 spiro atoms. The van der Waals surface area contributed by atoms with Gasteiger partial charge in [0.05, 0.1) is 16.8 Å². The monoisotopic (exact) mass is 864 g/mol. The zero-order valence-corrected chi connectivity index (χ0v) is 36.9. The van der Waals surface area contributed by atoms with Gasteiger partial charge in [0.15, 0.2) is 5.82 Å². The maximum Gasteiger partial charge on any atom is 0.160 e. The van der Waals surface area contributed by atoms with E-state index in [9.17, 15) is 0 Å². The van der Waals surface area contributed by atoms with Gasteiger partial charge in [-0.3, -0.25) is 0 Å². The molecule has 2 aliphatic carbocycles. The van der Waals surface area contributed by atoms with Crippen molar-refractivity contribution in [3.05, 3.63) is 265 Å². The van der Waals surface area contributed by atoms with Gasteiger partial charge in [0.2, 0.25) is 0 Å². The molecular weight excluding hydrogens is 825 g/mol. The lowest BCUT2D eigenvalue weighted by Gasteiger charge is -2.30. The van der Waals surface area contributed by atoms with Crippen LogP contribution < -0.4 is 0 Å². The van der Waals surface area contributed by atoms with Crippen LogP contribution in [0.2, 0.25) is 0 Å². The zero-order valence-electron chi connectivity index (χ0n) is 36.9. The van der Waals surface area contributed by atoms with E-state index in [1.54, 1.807) is 0 Å². The van der Waals surface area contributed by atoms with Crippen LogP contribution in [0.4, 0.5) is 0 Å². The average molecular weight is 865 g/mol. The molecule has 68 heavy (non-hydrogen) atoms. The van der Waals surface area contributed by atoms with Crippen molar-refractivity contribution < 1.29 is 4.42 Å². The molecule has 2 heterocycles. The highest BCUT2D eigenvalue weighted by Crippen LogP contribution is 2.64. The van der Waals surface area contributed by atoms with E-state index in [4.69, 9.17) is 14.4 Å². The number of hydrogen-bond donors (Lipinski definition) is 0. The third-order valence-corrected chi connectivity index (χ3v) is 14.3. The van der Waals surface area contributed by atoms with Gasteiger partial charge in [-0.15, -0.1) is 0 Å². The van der Waals surface area contributed by atoms with Crippen molar-refractivity contribution in [3.63, 3.8) is 0 Å². The molecule has 0 radical (unpaired) electrons. The quantitative estimate of drug-likeness (QED) is 0.167. The summed E-state index contributed by atoms with van der Waals surface area (Å²) < 4.78 is 6.59. The van der Waals surface area contributed by atoms with E-state index in [1.807, 2.05) is 6.07 Å². The van der Waals surface area contributed by atoms with Gasteiger partial charge in [0, 0.05) is 27.5 Å². The first-order valence-electron chi connectivity index (χ1n) is 23.3. The second-order valence-electron chi connectivity index (χ2n) is 18.0. The Morgan fingerprint density at radius 2 is 0.721 bits per heavy atom. The number of nitrogens with zero attached hydrogens (tertiary/aromatic N) is 2. The second-order valence-corrected chi connectivity index (χ2v) is 18.0. The van der Waals surface area contributed by atoms with Crippen LogP contribution >= 0.6 is 0 Å². The van der Waals surface area contributed by atoms with Gasteiger partial charge >= 0.3 is 0 Å².